The molecule has 2 N–H and O–H groups in total. The van der Waals surface area contributed by atoms with Crippen LogP contribution in [0.5, 0.6) is 0 Å². The van der Waals surface area contributed by atoms with Crippen molar-refractivity contribution in [2.24, 2.45) is 0 Å². The van der Waals surface area contributed by atoms with E-state index < -0.39 is 5.60 Å². The predicted octanol–water partition coefficient (Wildman–Crippen LogP) is 4.29. The van der Waals surface area contributed by atoms with Crippen LogP contribution in [0.3, 0.4) is 0 Å². The second kappa shape index (κ2) is 6.22. The Balaban J connectivity index is 2.53. The first kappa shape index (κ1) is 16.1. The fourth-order valence-electron chi connectivity index (χ4n) is 2.24. The van der Waals surface area contributed by atoms with Crippen LogP contribution in [0.2, 0.25) is 10.0 Å². The molecule has 1 aromatic heterocycles. The van der Waals surface area contributed by atoms with Crippen LogP contribution in [0.4, 0.5) is 5.69 Å². The third-order valence-corrected chi connectivity index (χ3v) is 4.37. The van der Waals surface area contributed by atoms with Crippen molar-refractivity contribution in [3.63, 3.8) is 0 Å². The summed E-state index contributed by atoms with van der Waals surface area (Å²) in [6.07, 6.45) is 1.44. The summed E-state index contributed by atoms with van der Waals surface area (Å²) in [6.45, 7) is 4.01. The second-order valence-corrected chi connectivity index (χ2v) is 5.46. The molecular weight excluding hydrogens is 313 g/mol. The third kappa shape index (κ3) is 2.73. The van der Waals surface area contributed by atoms with E-state index in [1.807, 2.05) is 13.8 Å². The first-order chi connectivity index (χ1) is 9.99. The van der Waals surface area contributed by atoms with Crippen LogP contribution in [0.25, 0.3) is 11.5 Å². The molecule has 21 heavy (non-hydrogen) atoms. The molecule has 1 aromatic carbocycles. The molecule has 0 aliphatic carbocycles. The molecule has 0 spiro atoms. The summed E-state index contributed by atoms with van der Waals surface area (Å²) in [6, 6.07) is 3.26. The molecule has 7 heteroatoms. The maximum atomic E-state index is 6.16. The van der Waals surface area contributed by atoms with E-state index in [1.165, 1.54) is 0 Å². The highest BCUT2D eigenvalue weighted by Gasteiger charge is 2.34. The Labute approximate surface area is 133 Å². The predicted molar refractivity (Wildman–Crippen MR) is 83.4 cm³/mol. The summed E-state index contributed by atoms with van der Waals surface area (Å²) >= 11 is 12.2. The average Bonchev–Trinajstić information content (AvgIpc) is 2.96. The fraction of sp³-hybridized carbons (Fsp3) is 0.429. The lowest BCUT2D eigenvalue weighted by Gasteiger charge is -2.25. The first-order valence-electron chi connectivity index (χ1n) is 6.62. The lowest BCUT2D eigenvalue weighted by Crippen LogP contribution is -2.28. The van der Waals surface area contributed by atoms with Crippen molar-refractivity contribution in [2.75, 3.05) is 12.8 Å². The molecule has 0 aliphatic rings. The number of nitrogens with two attached hydrogens (primary N) is 1. The monoisotopic (exact) mass is 329 g/mol. The zero-order valence-corrected chi connectivity index (χ0v) is 13.6. The second-order valence-electron chi connectivity index (χ2n) is 4.65. The van der Waals surface area contributed by atoms with Crippen molar-refractivity contribution in [2.45, 2.75) is 32.3 Å². The van der Waals surface area contributed by atoms with Gasteiger partial charge in [0.05, 0.1) is 21.3 Å². The molecule has 0 saturated carbocycles. The lowest BCUT2D eigenvalue weighted by molar-refractivity contribution is -0.0306. The number of nitrogens with zero attached hydrogens (tertiary/aromatic N) is 2. The Morgan fingerprint density at radius 3 is 2.43 bits per heavy atom. The van der Waals surface area contributed by atoms with Gasteiger partial charge < -0.3 is 15.0 Å². The molecule has 0 radical (unpaired) electrons. The van der Waals surface area contributed by atoms with Crippen LogP contribution in [0, 0.1) is 0 Å². The molecule has 0 fully saturated rings. The van der Waals surface area contributed by atoms with E-state index in [1.54, 1.807) is 19.2 Å². The van der Waals surface area contributed by atoms with Crippen LogP contribution in [-0.2, 0) is 10.3 Å². The molecule has 0 atom stereocenters. The SMILES string of the molecule is CCC(CC)(OC)c1noc(-c2c(Cl)ccc(Cl)c2N)n1. The summed E-state index contributed by atoms with van der Waals surface area (Å²) < 4.78 is 10.9. The number of hydrogen-bond donors (Lipinski definition) is 1. The van der Waals surface area contributed by atoms with E-state index in [0.717, 1.165) is 12.8 Å². The Kier molecular flexibility index (Phi) is 4.76. The maximum absolute atomic E-state index is 6.16. The van der Waals surface area contributed by atoms with E-state index in [2.05, 4.69) is 10.1 Å². The van der Waals surface area contributed by atoms with Crippen molar-refractivity contribution < 1.29 is 9.26 Å². The molecule has 2 rings (SSSR count). The fourth-order valence-corrected chi connectivity index (χ4v) is 2.64. The van der Waals surface area contributed by atoms with Crippen molar-refractivity contribution in [3.8, 4) is 11.5 Å². The van der Waals surface area contributed by atoms with Crippen LogP contribution < -0.4 is 5.73 Å². The average molecular weight is 330 g/mol. The van der Waals surface area contributed by atoms with E-state index in [4.69, 9.17) is 38.2 Å². The van der Waals surface area contributed by atoms with Gasteiger partial charge in [-0.05, 0) is 25.0 Å². The van der Waals surface area contributed by atoms with Gasteiger partial charge in [0, 0.05) is 7.11 Å². The lowest BCUT2D eigenvalue weighted by atomic mass is 9.96. The molecule has 1 heterocycles. The molecule has 0 amide bonds. The van der Waals surface area contributed by atoms with Gasteiger partial charge in [0.15, 0.2) is 0 Å². The molecule has 0 aliphatic heterocycles. The molecule has 0 saturated heterocycles. The van der Waals surface area contributed by atoms with E-state index in [-0.39, 0.29) is 5.89 Å². The normalized spacial score (nSPS) is 11.9. The Morgan fingerprint density at radius 2 is 1.86 bits per heavy atom. The highest BCUT2D eigenvalue weighted by molar-refractivity contribution is 6.37. The van der Waals surface area contributed by atoms with Gasteiger partial charge in [-0.25, -0.2) is 0 Å². The van der Waals surface area contributed by atoms with Crippen LogP contribution >= 0.6 is 23.2 Å². The van der Waals surface area contributed by atoms with Crippen molar-refractivity contribution in [1.29, 1.82) is 0 Å². The van der Waals surface area contributed by atoms with E-state index in [9.17, 15) is 0 Å². The number of halogens is 2. The first-order valence-corrected chi connectivity index (χ1v) is 7.37. The van der Waals surface area contributed by atoms with Crippen molar-refractivity contribution in [1.82, 2.24) is 10.1 Å². The quantitative estimate of drug-likeness (QED) is 0.828. The Hall–Kier alpha value is -1.30. The number of nitrogen functional groups attached to an aromatic ring is 1. The highest BCUT2D eigenvalue weighted by atomic mass is 35.5. The number of methoxy groups -OCH3 is 1. The molecular formula is C14H17Cl2N3O2. The standard InChI is InChI=1S/C14H17Cl2N3O2/c1-4-14(5-2,20-3)13-18-12(21-19-13)10-8(15)6-7-9(16)11(10)17/h6-7H,4-5,17H2,1-3H3. The molecule has 0 unspecified atom stereocenters. The highest BCUT2D eigenvalue weighted by Crippen LogP contribution is 2.38. The number of ether oxygens (including phenoxy) is 1. The van der Waals surface area contributed by atoms with Crippen molar-refractivity contribution >= 4 is 28.9 Å². The van der Waals surface area contributed by atoms with Gasteiger partial charge in [-0.2, -0.15) is 4.98 Å². The summed E-state index contributed by atoms with van der Waals surface area (Å²) in [7, 11) is 1.63. The number of rotatable bonds is 5. The summed E-state index contributed by atoms with van der Waals surface area (Å²) in [5, 5.41) is 4.81. The maximum Gasteiger partial charge on any atom is 0.261 e. The van der Waals surface area contributed by atoms with E-state index in [0.29, 0.717) is 27.1 Å². The van der Waals surface area contributed by atoms with Crippen LogP contribution in [0.15, 0.2) is 16.7 Å². The number of anilines is 1. The number of aromatic nitrogens is 2. The van der Waals surface area contributed by atoms with Gasteiger partial charge in [-0.3, -0.25) is 0 Å². The summed E-state index contributed by atoms with van der Waals surface area (Å²) in [4.78, 5) is 4.40. The largest absolute Gasteiger partial charge is 0.397 e. The zero-order valence-electron chi connectivity index (χ0n) is 12.1. The smallest absolute Gasteiger partial charge is 0.261 e. The minimum absolute atomic E-state index is 0.235. The van der Waals surface area contributed by atoms with Gasteiger partial charge in [-0.15, -0.1) is 0 Å². The summed E-state index contributed by atoms with van der Waals surface area (Å²) in [5.74, 6) is 0.707. The molecule has 5 nitrogen and oxygen atoms in total. The topological polar surface area (TPSA) is 74.2 Å². The van der Waals surface area contributed by atoms with Gasteiger partial charge in [0.2, 0.25) is 5.82 Å². The van der Waals surface area contributed by atoms with Crippen molar-refractivity contribution in [3.05, 3.63) is 28.0 Å². The van der Waals surface area contributed by atoms with Crippen LogP contribution in [0.1, 0.15) is 32.5 Å². The molecule has 2 aromatic rings. The minimum Gasteiger partial charge on any atom is -0.397 e. The minimum atomic E-state index is -0.582. The Morgan fingerprint density at radius 1 is 1.24 bits per heavy atom. The van der Waals surface area contributed by atoms with Gasteiger partial charge in [0.25, 0.3) is 5.89 Å². The van der Waals surface area contributed by atoms with E-state index >= 15 is 0 Å². The molecule has 114 valence electrons. The summed E-state index contributed by atoms with van der Waals surface area (Å²) in [5.41, 5.74) is 6.13. The number of benzene rings is 1. The third-order valence-electron chi connectivity index (χ3n) is 3.72. The Bertz CT molecular complexity index is 631. The zero-order chi connectivity index (χ0) is 15.6. The van der Waals surface area contributed by atoms with Gasteiger partial charge in [0.1, 0.15) is 5.60 Å². The number of hydrogen-bond acceptors (Lipinski definition) is 5. The van der Waals surface area contributed by atoms with Gasteiger partial charge >= 0.3 is 0 Å². The van der Waals surface area contributed by atoms with Crippen LogP contribution in [-0.4, -0.2) is 17.3 Å². The van der Waals surface area contributed by atoms with Gasteiger partial charge in [-0.1, -0.05) is 42.2 Å². The molecule has 0 bridgehead atoms.